The van der Waals surface area contributed by atoms with Gasteiger partial charge >= 0.3 is 0 Å². The number of azo groups is 1. The normalized spacial score (nSPS) is 13.3. The number of nitrogens with zero attached hydrogens (tertiary/aromatic N) is 4. The van der Waals surface area contributed by atoms with Crippen molar-refractivity contribution in [1.82, 2.24) is 4.90 Å². The van der Waals surface area contributed by atoms with Crippen LogP contribution in [-0.2, 0) is 0 Å². The molecule has 0 N–H and O–H groups in total. The lowest BCUT2D eigenvalue weighted by Crippen LogP contribution is -2.43. The predicted octanol–water partition coefficient (Wildman–Crippen LogP) is 10.6. The fourth-order valence-corrected chi connectivity index (χ4v) is 6.25. The molecule has 5 aromatic carbocycles. The summed E-state index contributed by atoms with van der Waals surface area (Å²) < 4.78 is 10.7. The van der Waals surface area contributed by atoms with Gasteiger partial charge in [-0.3, -0.25) is 14.5 Å². The highest BCUT2D eigenvalue weighted by Crippen LogP contribution is 2.39. The van der Waals surface area contributed by atoms with E-state index >= 15 is 0 Å². The molecule has 48 heavy (non-hydrogen) atoms. The van der Waals surface area contributed by atoms with E-state index in [2.05, 4.69) is 29.0 Å². The Morgan fingerprint density at radius 1 is 0.688 bits per heavy atom. The van der Waals surface area contributed by atoms with Gasteiger partial charge in [-0.2, -0.15) is 5.11 Å². The number of ether oxygens (including phenoxy) is 2. The van der Waals surface area contributed by atoms with Crippen LogP contribution in [0.1, 0.15) is 60.2 Å². The lowest BCUT2D eigenvalue weighted by Gasteiger charge is -2.30. The minimum atomic E-state index is -0.240. The van der Waals surface area contributed by atoms with Gasteiger partial charge in [0.05, 0.1) is 25.6 Å². The molecule has 0 fully saturated rings. The molecular weight excluding hydrogens is 600 g/mol. The van der Waals surface area contributed by atoms with Gasteiger partial charge in [0.25, 0.3) is 11.8 Å². The molecule has 1 aliphatic rings. The number of imide groups is 1. The Hall–Kier alpha value is -5.50. The van der Waals surface area contributed by atoms with Gasteiger partial charge in [-0.05, 0) is 103 Å². The maximum absolute atomic E-state index is 13.6. The molecule has 0 aliphatic carbocycles. The highest BCUT2D eigenvalue weighted by molar-refractivity contribution is 6.26. The van der Waals surface area contributed by atoms with E-state index in [0.29, 0.717) is 34.4 Å². The van der Waals surface area contributed by atoms with E-state index in [4.69, 9.17) is 9.47 Å². The van der Waals surface area contributed by atoms with Crippen LogP contribution in [0.2, 0.25) is 0 Å². The Morgan fingerprint density at radius 3 is 1.79 bits per heavy atom. The number of hydrogen-bond acceptors (Lipinski definition) is 7. The van der Waals surface area contributed by atoms with E-state index in [0.717, 1.165) is 59.6 Å². The van der Waals surface area contributed by atoms with Gasteiger partial charge in [0, 0.05) is 45.5 Å². The van der Waals surface area contributed by atoms with Crippen molar-refractivity contribution in [3.8, 4) is 11.5 Å². The van der Waals surface area contributed by atoms with E-state index < -0.39 is 0 Å². The van der Waals surface area contributed by atoms with Crippen molar-refractivity contribution in [2.24, 2.45) is 16.1 Å². The van der Waals surface area contributed by atoms with Crippen LogP contribution < -0.4 is 14.4 Å². The smallest absolute Gasteiger partial charge is 0.261 e. The lowest BCUT2D eigenvalue weighted by atomic mass is 9.91. The van der Waals surface area contributed by atoms with Crippen molar-refractivity contribution < 1.29 is 19.1 Å². The summed E-state index contributed by atoms with van der Waals surface area (Å²) >= 11 is 0. The largest absolute Gasteiger partial charge is 0.497 e. The van der Waals surface area contributed by atoms with Gasteiger partial charge in [-0.15, -0.1) is 5.11 Å². The molecule has 0 saturated heterocycles. The van der Waals surface area contributed by atoms with E-state index in [-0.39, 0.29) is 17.7 Å². The third kappa shape index (κ3) is 6.51. The lowest BCUT2D eigenvalue weighted by molar-refractivity contribution is 0.0580. The molecule has 0 radical (unpaired) electrons. The molecule has 1 atom stereocenters. The van der Waals surface area contributed by atoms with Crippen molar-refractivity contribution >= 4 is 51.0 Å². The summed E-state index contributed by atoms with van der Waals surface area (Å²) in [5, 5.41) is 10.5. The van der Waals surface area contributed by atoms with Crippen molar-refractivity contribution in [3.63, 3.8) is 0 Å². The third-order valence-electron chi connectivity index (χ3n) is 9.00. The second kappa shape index (κ2) is 14.5. The number of rotatable bonds is 13. The van der Waals surface area contributed by atoms with Crippen LogP contribution in [0, 0.1) is 5.92 Å². The summed E-state index contributed by atoms with van der Waals surface area (Å²) in [7, 11) is 3.30. The molecule has 5 aromatic rings. The molecular formula is C40H40N4O4. The van der Waals surface area contributed by atoms with Gasteiger partial charge in [-0.25, -0.2) is 0 Å². The van der Waals surface area contributed by atoms with Crippen LogP contribution in [0.15, 0.2) is 113 Å². The maximum Gasteiger partial charge on any atom is 0.261 e. The molecule has 2 amide bonds. The Balaban J connectivity index is 1.28. The predicted molar refractivity (Wildman–Crippen MR) is 191 cm³/mol. The standard InChI is InChI=1S/C40H40N4O4/c1-5-7-9-27(6-2)26-43-39(45)35-11-8-10-34-37(25-24-36(38(34)35)40(43)46)42-41-28-12-14-29(15-13-28)44(30-16-20-32(47-3)21-17-30)31-18-22-33(48-4)23-19-31/h8,10-25,27H,5-7,9,26H2,1-4H3. The number of carbonyl (C=O) groups excluding carboxylic acids is 2. The minimum absolute atomic E-state index is 0.240. The molecule has 8 nitrogen and oxygen atoms in total. The number of anilines is 3. The Bertz CT molecular complexity index is 1870. The van der Waals surface area contributed by atoms with E-state index in [1.807, 2.05) is 91.0 Å². The van der Waals surface area contributed by atoms with Crippen molar-refractivity contribution in [2.45, 2.75) is 39.5 Å². The first kappa shape index (κ1) is 32.4. The Labute approximate surface area is 281 Å². The zero-order valence-corrected chi connectivity index (χ0v) is 27.8. The van der Waals surface area contributed by atoms with E-state index in [1.54, 1.807) is 26.4 Å². The maximum atomic E-state index is 13.6. The second-order valence-corrected chi connectivity index (χ2v) is 11.9. The van der Waals surface area contributed by atoms with Crippen molar-refractivity contribution in [3.05, 3.63) is 114 Å². The fourth-order valence-electron chi connectivity index (χ4n) is 6.25. The topological polar surface area (TPSA) is 83.8 Å². The summed E-state index contributed by atoms with van der Waals surface area (Å²) in [5.74, 6) is 1.37. The number of carbonyl (C=O) groups is 2. The highest BCUT2D eigenvalue weighted by Gasteiger charge is 2.34. The quantitative estimate of drug-likeness (QED) is 0.0944. The van der Waals surface area contributed by atoms with Crippen molar-refractivity contribution in [2.75, 3.05) is 25.7 Å². The first-order valence-corrected chi connectivity index (χ1v) is 16.5. The second-order valence-electron chi connectivity index (χ2n) is 11.9. The summed E-state index contributed by atoms with van der Waals surface area (Å²) in [6.45, 7) is 4.72. The van der Waals surface area contributed by atoms with Gasteiger partial charge in [-0.1, -0.05) is 45.2 Å². The molecule has 1 aliphatic heterocycles. The minimum Gasteiger partial charge on any atom is -0.497 e. The molecule has 0 bridgehead atoms. The van der Waals surface area contributed by atoms with Crippen LogP contribution in [-0.4, -0.2) is 37.5 Å². The van der Waals surface area contributed by atoms with Crippen LogP contribution in [0.5, 0.6) is 11.5 Å². The van der Waals surface area contributed by atoms with Crippen molar-refractivity contribution in [1.29, 1.82) is 0 Å². The van der Waals surface area contributed by atoms with Crippen LogP contribution in [0.3, 0.4) is 0 Å². The van der Waals surface area contributed by atoms with Crippen LogP contribution in [0.25, 0.3) is 10.8 Å². The molecule has 0 saturated carbocycles. The highest BCUT2D eigenvalue weighted by atomic mass is 16.5. The van der Waals surface area contributed by atoms with Gasteiger partial charge in [0.15, 0.2) is 0 Å². The summed E-state index contributed by atoms with van der Waals surface area (Å²) in [6.07, 6.45) is 4.10. The molecule has 0 aromatic heterocycles. The SMILES string of the molecule is CCCCC(CC)CN1C(=O)c2cccc3c(N=Nc4ccc(N(c5ccc(OC)cc5)c5ccc(OC)cc5)cc4)ccc(c23)C1=O. The van der Waals surface area contributed by atoms with Gasteiger partial charge in [0.2, 0.25) is 0 Å². The fraction of sp³-hybridized carbons (Fsp3) is 0.250. The number of amides is 2. The average Bonchev–Trinajstić information content (AvgIpc) is 3.14. The first-order valence-electron chi connectivity index (χ1n) is 16.5. The van der Waals surface area contributed by atoms with Crippen LogP contribution >= 0.6 is 0 Å². The molecule has 244 valence electrons. The average molecular weight is 641 g/mol. The molecule has 0 spiro atoms. The van der Waals surface area contributed by atoms with Gasteiger partial charge in [0.1, 0.15) is 11.5 Å². The monoisotopic (exact) mass is 640 g/mol. The third-order valence-corrected chi connectivity index (χ3v) is 9.00. The zero-order valence-electron chi connectivity index (χ0n) is 27.8. The molecule has 6 rings (SSSR count). The number of methoxy groups -OCH3 is 2. The Kier molecular flexibility index (Phi) is 9.80. The van der Waals surface area contributed by atoms with E-state index in [9.17, 15) is 9.59 Å². The van der Waals surface area contributed by atoms with Gasteiger partial charge < -0.3 is 14.4 Å². The number of hydrogen-bond donors (Lipinski definition) is 0. The van der Waals surface area contributed by atoms with E-state index in [1.165, 1.54) is 4.90 Å². The first-order chi connectivity index (χ1) is 23.4. The zero-order chi connectivity index (χ0) is 33.6. The van der Waals surface area contributed by atoms with Crippen LogP contribution in [0.4, 0.5) is 28.4 Å². The number of unbranched alkanes of at least 4 members (excludes halogenated alkanes) is 1. The summed E-state index contributed by atoms with van der Waals surface area (Å²) in [6, 6.07) is 32.7. The number of benzene rings is 5. The summed E-state index contributed by atoms with van der Waals surface area (Å²) in [4.78, 5) is 30.8. The Morgan fingerprint density at radius 2 is 1.25 bits per heavy atom. The summed E-state index contributed by atoms with van der Waals surface area (Å²) in [5.41, 5.74) is 5.20. The molecule has 1 heterocycles. The molecule has 8 heteroatoms. The molecule has 1 unspecified atom stereocenters.